The molecular formula is C17H20N4O3. The number of aromatic amines is 2. The van der Waals surface area contributed by atoms with Crippen molar-refractivity contribution in [2.24, 2.45) is 0 Å². The molecule has 4 N–H and O–H groups in total. The van der Waals surface area contributed by atoms with E-state index in [0.29, 0.717) is 6.54 Å². The fourth-order valence-electron chi connectivity index (χ4n) is 3.29. The summed E-state index contributed by atoms with van der Waals surface area (Å²) in [4.78, 5) is 42.2. The molecule has 7 nitrogen and oxygen atoms in total. The highest BCUT2D eigenvalue weighted by atomic mass is 16.2. The molecule has 0 fully saturated rings. The van der Waals surface area contributed by atoms with Gasteiger partial charge < -0.3 is 15.6 Å². The van der Waals surface area contributed by atoms with Gasteiger partial charge in [-0.05, 0) is 24.0 Å². The second kappa shape index (κ2) is 6.35. The summed E-state index contributed by atoms with van der Waals surface area (Å²) >= 11 is 0. The zero-order valence-corrected chi connectivity index (χ0v) is 13.5. The molecule has 126 valence electrons. The number of hydrogen-bond acceptors (Lipinski definition) is 4. The zero-order valence-electron chi connectivity index (χ0n) is 13.5. The van der Waals surface area contributed by atoms with E-state index in [-0.39, 0.29) is 17.4 Å². The third-order valence-corrected chi connectivity index (χ3v) is 4.43. The maximum Gasteiger partial charge on any atom is 0.326 e. The van der Waals surface area contributed by atoms with E-state index < -0.39 is 17.2 Å². The third kappa shape index (κ3) is 2.73. The van der Waals surface area contributed by atoms with Crippen LogP contribution in [0.15, 0.2) is 33.9 Å². The average molecular weight is 328 g/mol. The molecule has 0 saturated carbocycles. The first-order valence-corrected chi connectivity index (χ1v) is 8.03. The molecule has 1 aromatic carbocycles. The van der Waals surface area contributed by atoms with Gasteiger partial charge in [-0.15, -0.1) is 0 Å². The number of benzene rings is 1. The number of H-pyrrole nitrogens is 2. The van der Waals surface area contributed by atoms with Crippen molar-refractivity contribution in [3.8, 4) is 0 Å². The van der Waals surface area contributed by atoms with Gasteiger partial charge >= 0.3 is 5.69 Å². The van der Waals surface area contributed by atoms with Crippen LogP contribution in [0.25, 0.3) is 0 Å². The number of nitrogens with two attached hydrogens (primary N) is 1. The predicted octanol–water partition coefficient (Wildman–Crippen LogP) is 1.19. The molecular weight excluding hydrogens is 308 g/mol. The van der Waals surface area contributed by atoms with E-state index >= 15 is 0 Å². The van der Waals surface area contributed by atoms with Crippen LogP contribution >= 0.6 is 0 Å². The molecule has 0 radical (unpaired) electrons. The SMILES string of the molecule is CCC[C@H]1c2ccccc2CCN1C(=O)c1[nH]c(=O)[nH]c(=O)c1N. The van der Waals surface area contributed by atoms with Crippen LogP contribution in [0.3, 0.4) is 0 Å². The summed E-state index contributed by atoms with van der Waals surface area (Å²) in [6.45, 7) is 2.58. The molecule has 2 aromatic rings. The van der Waals surface area contributed by atoms with E-state index in [2.05, 4.69) is 18.0 Å². The highest BCUT2D eigenvalue weighted by Gasteiger charge is 2.32. The monoisotopic (exact) mass is 328 g/mol. The van der Waals surface area contributed by atoms with Gasteiger partial charge in [-0.25, -0.2) is 4.79 Å². The van der Waals surface area contributed by atoms with Crippen molar-refractivity contribution in [1.29, 1.82) is 0 Å². The molecule has 1 aromatic heterocycles. The first-order valence-electron chi connectivity index (χ1n) is 8.03. The van der Waals surface area contributed by atoms with E-state index in [1.54, 1.807) is 4.90 Å². The van der Waals surface area contributed by atoms with Crippen LogP contribution in [0.2, 0.25) is 0 Å². The van der Waals surface area contributed by atoms with Crippen molar-refractivity contribution in [1.82, 2.24) is 14.9 Å². The molecule has 2 heterocycles. The normalized spacial score (nSPS) is 16.7. The Morgan fingerprint density at radius 2 is 2.04 bits per heavy atom. The Morgan fingerprint density at radius 1 is 1.29 bits per heavy atom. The first-order chi connectivity index (χ1) is 11.5. The van der Waals surface area contributed by atoms with Gasteiger partial charge in [0.2, 0.25) is 0 Å². The van der Waals surface area contributed by atoms with Crippen LogP contribution in [0, 0.1) is 0 Å². The summed E-state index contributed by atoms with van der Waals surface area (Å²) < 4.78 is 0. The van der Waals surface area contributed by atoms with Gasteiger partial charge in [0.1, 0.15) is 11.4 Å². The van der Waals surface area contributed by atoms with E-state index in [9.17, 15) is 14.4 Å². The Morgan fingerprint density at radius 3 is 2.79 bits per heavy atom. The van der Waals surface area contributed by atoms with Gasteiger partial charge in [-0.3, -0.25) is 14.6 Å². The summed E-state index contributed by atoms with van der Waals surface area (Å²) in [6, 6.07) is 7.96. The molecule has 1 amide bonds. The van der Waals surface area contributed by atoms with Gasteiger partial charge in [0, 0.05) is 6.54 Å². The standard InChI is InChI=1S/C17H20N4O3/c1-2-5-12-11-7-4-3-6-10(11)8-9-21(12)16(23)14-13(18)15(22)20-17(24)19-14/h3-4,6-7,12H,2,5,8-9,18H2,1H3,(H2,19,20,22,24)/t12-/m0/s1. The maximum atomic E-state index is 12.9. The molecule has 0 unspecified atom stereocenters. The zero-order chi connectivity index (χ0) is 17.3. The lowest BCUT2D eigenvalue weighted by Gasteiger charge is -2.37. The topological polar surface area (TPSA) is 112 Å². The fourth-order valence-corrected chi connectivity index (χ4v) is 3.29. The van der Waals surface area contributed by atoms with Crippen LogP contribution in [-0.2, 0) is 6.42 Å². The molecule has 3 rings (SSSR count). The maximum absolute atomic E-state index is 12.9. The van der Waals surface area contributed by atoms with Crippen LogP contribution in [0.1, 0.15) is 47.4 Å². The number of amides is 1. The van der Waals surface area contributed by atoms with Crippen LogP contribution in [0.4, 0.5) is 5.69 Å². The Bertz CT molecular complexity index is 884. The van der Waals surface area contributed by atoms with Crippen molar-refractivity contribution in [2.45, 2.75) is 32.2 Å². The Balaban J connectivity index is 2.04. The number of hydrogen-bond donors (Lipinski definition) is 3. The predicted molar refractivity (Wildman–Crippen MR) is 90.9 cm³/mol. The fraction of sp³-hybridized carbons (Fsp3) is 0.353. The van der Waals surface area contributed by atoms with Gasteiger partial charge in [0.05, 0.1) is 6.04 Å². The van der Waals surface area contributed by atoms with Crippen molar-refractivity contribution in [3.63, 3.8) is 0 Å². The number of anilines is 1. The third-order valence-electron chi connectivity index (χ3n) is 4.43. The van der Waals surface area contributed by atoms with E-state index in [4.69, 9.17) is 5.73 Å². The lowest BCUT2D eigenvalue weighted by Crippen LogP contribution is -2.42. The number of nitrogen functional groups attached to an aromatic ring is 1. The number of carbonyl (C=O) groups excluding carboxylic acids is 1. The Kier molecular flexibility index (Phi) is 4.24. The quantitative estimate of drug-likeness (QED) is 0.785. The number of nitrogens with one attached hydrogen (secondary N) is 2. The van der Waals surface area contributed by atoms with Crippen LogP contribution in [0.5, 0.6) is 0 Å². The number of nitrogens with zero attached hydrogens (tertiary/aromatic N) is 1. The van der Waals surface area contributed by atoms with E-state index in [0.717, 1.165) is 24.8 Å². The van der Waals surface area contributed by atoms with E-state index in [1.807, 2.05) is 23.2 Å². The van der Waals surface area contributed by atoms with Crippen molar-refractivity contribution < 1.29 is 4.79 Å². The molecule has 1 aliphatic heterocycles. The highest BCUT2D eigenvalue weighted by molar-refractivity contribution is 5.97. The molecule has 24 heavy (non-hydrogen) atoms. The molecule has 0 bridgehead atoms. The number of aromatic nitrogens is 2. The van der Waals surface area contributed by atoms with Crippen molar-refractivity contribution >= 4 is 11.6 Å². The summed E-state index contributed by atoms with van der Waals surface area (Å²) in [7, 11) is 0. The molecule has 1 atom stereocenters. The second-order valence-corrected chi connectivity index (χ2v) is 5.95. The smallest absolute Gasteiger partial charge is 0.326 e. The Hall–Kier alpha value is -2.83. The molecule has 0 aliphatic carbocycles. The van der Waals surface area contributed by atoms with Crippen molar-refractivity contribution in [2.75, 3.05) is 12.3 Å². The van der Waals surface area contributed by atoms with Crippen LogP contribution < -0.4 is 17.0 Å². The summed E-state index contributed by atoms with van der Waals surface area (Å²) in [5.74, 6) is -0.413. The molecule has 1 aliphatic rings. The lowest BCUT2D eigenvalue weighted by atomic mass is 9.90. The molecule has 0 saturated heterocycles. The number of carbonyl (C=O) groups is 1. The highest BCUT2D eigenvalue weighted by Crippen LogP contribution is 2.34. The number of rotatable bonds is 3. The summed E-state index contributed by atoms with van der Waals surface area (Å²) in [5, 5.41) is 0. The minimum atomic E-state index is -0.744. The van der Waals surface area contributed by atoms with Crippen molar-refractivity contribution in [3.05, 3.63) is 61.9 Å². The van der Waals surface area contributed by atoms with E-state index in [1.165, 1.54) is 5.56 Å². The summed E-state index contributed by atoms with van der Waals surface area (Å²) in [6.07, 6.45) is 2.44. The Labute approximate surface area is 138 Å². The van der Waals surface area contributed by atoms with Crippen LogP contribution in [-0.4, -0.2) is 27.3 Å². The average Bonchev–Trinajstić information content (AvgIpc) is 2.58. The number of fused-ring (bicyclic) bond motifs is 1. The van der Waals surface area contributed by atoms with Gasteiger partial charge in [-0.1, -0.05) is 37.6 Å². The minimum absolute atomic E-state index is 0.0883. The first kappa shape index (κ1) is 16.0. The molecule has 0 spiro atoms. The summed E-state index contributed by atoms with van der Waals surface area (Å²) in [5.41, 5.74) is 6.19. The second-order valence-electron chi connectivity index (χ2n) is 5.95. The minimum Gasteiger partial charge on any atom is -0.392 e. The molecule has 7 heteroatoms. The van der Waals surface area contributed by atoms with Gasteiger partial charge in [-0.2, -0.15) is 0 Å². The lowest BCUT2D eigenvalue weighted by molar-refractivity contribution is 0.0644. The van der Waals surface area contributed by atoms with Gasteiger partial charge in [0.15, 0.2) is 0 Å². The largest absolute Gasteiger partial charge is 0.392 e. The van der Waals surface area contributed by atoms with Gasteiger partial charge in [0.25, 0.3) is 11.5 Å².